The van der Waals surface area contributed by atoms with Crippen LogP contribution in [0.5, 0.6) is 0 Å². The predicted octanol–water partition coefficient (Wildman–Crippen LogP) is 0.159. The molecule has 0 aliphatic rings. The van der Waals surface area contributed by atoms with Crippen LogP contribution in [0.1, 0.15) is 17.3 Å². The average Bonchev–Trinajstić information content (AvgIpc) is 2.34. The van der Waals surface area contributed by atoms with E-state index in [9.17, 15) is 24.8 Å². The van der Waals surface area contributed by atoms with Crippen molar-refractivity contribution in [2.45, 2.75) is 19.1 Å². The van der Waals surface area contributed by atoms with Gasteiger partial charge in [0.1, 0.15) is 0 Å². The first-order chi connectivity index (χ1) is 8.82. The standard InChI is InChI=1S/C11H12N2O6/c1-6(14)9(11(16)17)12-10(15)7-3-2-4-8(5-7)13(18)19/h2-6,9,14H,1H3,(H,12,15)(H,16,17)/t6-,9+/m1/s1. The van der Waals surface area contributed by atoms with Gasteiger partial charge >= 0.3 is 5.97 Å². The van der Waals surface area contributed by atoms with Gasteiger partial charge in [0, 0.05) is 17.7 Å². The van der Waals surface area contributed by atoms with Crippen LogP contribution in [0.15, 0.2) is 24.3 Å². The lowest BCUT2D eigenvalue weighted by molar-refractivity contribution is -0.384. The second kappa shape index (κ2) is 5.91. The van der Waals surface area contributed by atoms with E-state index in [2.05, 4.69) is 5.32 Å². The Bertz CT molecular complexity index is 514. The summed E-state index contributed by atoms with van der Waals surface area (Å²) in [5, 5.41) is 30.7. The first-order valence-electron chi connectivity index (χ1n) is 5.29. The molecule has 0 aromatic heterocycles. The molecule has 0 radical (unpaired) electrons. The van der Waals surface area contributed by atoms with Crippen LogP contribution in [-0.4, -0.2) is 39.2 Å². The van der Waals surface area contributed by atoms with Gasteiger partial charge in [-0.15, -0.1) is 0 Å². The van der Waals surface area contributed by atoms with Gasteiger partial charge in [-0.3, -0.25) is 14.9 Å². The molecule has 3 N–H and O–H groups in total. The number of aliphatic hydroxyl groups excluding tert-OH is 1. The molecule has 0 saturated carbocycles. The van der Waals surface area contributed by atoms with E-state index in [4.69, 9.17) is 5.11 Å². The Morgan fingerprint density at radius 2 is 2.05 bits per heavy atom. The van der Waals surface area contributed by atoms with Crippen molar-refractivity contribution in [3.63, 3.8) is 0 Å². The maximum atomic E-state index is 11.7. The van der Waals surface area contributed by atoms with Crippen LogP contribution in [0, 0.1) is 10.1 Å². The first-order valence-corrected chi connectivity index (χ1v) is 5.29. The molecule has 0 saturated heterocycles. The molecule has 0 heterocycles. The van der Waals surface area contributed by atoms with E-state index in [0.29, 0.717) is 0 Å². The van der Waals surface area contributed by atoms with Gasteiger partial charge in [-0.25, -0.2) is 4.79 Å². The van der Waals surface area contributed by atoms with Crippen LogP contribution in [0.2, 0.25) is 0 Å². The van der Waals surface area contributed by atoms with Gasteiger partial charge in [0.15, 0.2) is 6.04 Å². The van der Waals surface area contributed by atoms with Crippen molar-refractivity contribution in [1.82, 2.24) is 5.32 Å². The van der Waals surface area contributed by atoms with Crippen molar-refractivity contribution in [2.75, 3.05) is 0 Å². The number of nitrogens with zero attached hydrogens (tertiary/aromatic N) is 1. The number of hydrogen-bond acceptors (Lipinski definition) is 5. The molecule has 0 spiro atoms. The third kappa shape index (κ3) is 3.75. The van der Waals surface area contributed by atoms with Gasteiger partial charge in [-0.2, -0.15) is 0 Å². The number of amides is 1. The molecule has 0 aliphatic heterocycles. The topological polar surface area (TPSA) is 130 Å². The maximum absolute atomic E-state index is 11.7. The molecule has 102 valence electrons. The Hall–Kier alpha value is -2.48. The summed E-state index contributed by atoms with van der Waals surface area (Å²) in [6, 6.07) is 3.37. The van der Waals surface area contributed by atoms with E-state index >= 15 is 0 Å². The summed E-state index contributed by atoms with van der Waals surface area (Å²) >= 11 is 0. The van der Waals surface area contributed by atoms with Crippen LogP contribution in [0.3, 0.4) is 0 Å². The molecule has 0 aliphatic carbocycles. The number of carbonyl (C=O) groups is 2. The van der Waals surface area contributed by atoms with E-state index in [1.807, 2.05) is 0 Å². The zero-order valence-electron chi connectivity index (χ0n) is 9.94. The highest BCUT2D eigenvalue weighted by Gasteiger charge is 2.25. The molecule has 8 nitrogen and oxygen atoms in total. The number of aliphatic carboxylic acids is 1. The number of nitro groups is 1. The van der Waals surface area contributed by atoms with Gasteiger partial charge < -0.3 is 15.5 Å². The molecule has 19 heavy (non-hydrogen) atoms. The van der Waals surface area contributed by atoms with Crippen molar-refractivity contribution in [3.8, 4) is 0 Å². The number of non-ortho nitro benzene ring substituents is 1. The number of hydrogen-bond donors (Lipinski definition) is 3. The molecule has 1 aromatic carbocycles. The summed E-state index contributed by atoms with van der Waals surface area (Å²) in [5.41, 5.74) is -0.335. The van der Waals surface area contributed by atoms with Crippen molar-refractivity contribution >= 4 is 17.6 Å². The van der Waals surface area contributed by atoms with Crippen molar-refractivity contribution < 1.29 is 24.7 Å². The number of benzene rings is 1. The number of aliphatic hydroxyl groups is 1. The lowest BCUT2D eigenvalue weighted by atomic mass is 10.1. The van der Waals surface area contributed by atoms with Crippen LogP contribution < -0.4 is 5.32 Å². The minimum absolute atomic E-state index is 0.0545. The van der Waals surface area contributed by atoms with E-state index in [1.165, 1.54) is 25.1 Å². The minimum Gasteiger partial charge on any atom is -0.480 e. The van der Waals surface area contributed by atoms with Crippen molar-refractivity contribution in [3.05, 3.63) is 39.9 Å². The molecule has 1 rings (SSSR count). The van der Waals surface area contributed by atoms with Crippen molar-refractivity contribution in [2.24, 2.45) is 0 Å². The number of nitro benzene ring substituents is 1. The van der Waals surface area contributed by atoms with Gasteiger partial charge in [0.05, 0.1) is 11.0 Å². The average molecular weight is 268 g/mol. The quantitative estimate of drug-likeness (QED) is 0.515. The SMILES string of the molecule is C[C@@H](O)[C@H](NC(=O)c1cccc([N+](=O)[O-])c1)C(=O)O. The summed E-state index contributed by atoms with van der Waals surface area (Å²) in [4.78, 5) is 32.4. The normalized spacial score (nSPS) is 13.4. The van der Waals surface area contributed by atoms with E-state index < -0.39 is 28.9 Å². The van der Waals surface area contributed by atoms with E-state index in [1.54, 1.807) is 0 Å². The number of carbonyl (C=O) groups excluding carboxylic acids is 1. The number of carboxylic acids is 1. The summed E-state index contributed by atoms with van der Waals surface area (Å²) in [6.07, 6.45) is -1.29. The van der Waals surface area contributed by atoms with Crippen LogP contribution in [0.4, 0.5) is 5.69 Å². The number of nitrogens with one attached hydrogen (secondary N) is 1. The molecular weight excluding hydrogens is 256 g/mol. The monoisotopic (exact) mass is 268 g/mol. The molecule has 0 unspecified atom stereocenters. The highest BCUT2D eigenvalue weighted by Crippen LogP contribution is 2.13. The smallest absolute Gasteiger partial charge is 0.328 e. The van der Waals surface area contributed by atoms with E-state index in [-0.39, 0.29) is 11.3 Å². The fourth-order valence-corrected chi connectivity index (χ4v) is 1.37. The Balaban J connectivity index is 2.91. The Labute approximate surface area is 107 Å². The third-order valence-electron chi connectivity index (χ3n) is 2.35. The van der Waals surface area contributed by atoms with Crippen LogP contribution in [-0.2, 0) is 4.79 Å². The number of rotatable bonds is 5. The molecule has 1 aromatic rings. The zero-order chi connectivity index (χ0) is 14.6. The second-order valence-corrected chi connectivity index (χ2v) is 3.84. The van der Waals surface area contributed by atoms with Gasteiger partial charge in [-0.1, -0.05) is 6.07 Å². The zero-order valence-corrected chi connectivity index (χ0v) is 9.94. The second-order valence-electron chi connectivity index (χ2n) is 3.84. The summed E-state index contributed by atoms with van der Waals surface area (Å²) < 4.78 is 0. The summed E-state index contributed by atoms with van der Waals surface area (Å²) in [6.45, 7) is 1.21. The highest BCUT2D eigenvalue weighted by atomic mass is 16.6. The Morgan fingerprint density at radius 1 is 1.42 bits per heavy atom. The number of carboxylic acid groups (broad SMARTS) is 1. The molecule has 0 bridgehead atoms. The summed E-state index contributed by atoms with van der Waals surface area (Å²) in [5.74, 6) is -2.20. The van der Waals surface area contributed by atoms with E-state index in [0.717, 1.165) is 6.07 Å². The Morgan fingerprint density at radius 3 is 2.53 bits per heavy atom. The van der Waals surface area contributed by atoms with Crippen LogP contribution >= 0.6 is 0 Å². The molecular formula is C11H12N2O6. The predicted molar refractivity (Wildman–Crippen MR) is 63.7 cm³/mol. The minimum atomic E-state index is -1.48. The van der Waals surface area contributed by atoms with Crippen molar-refractivity contribution in [1.29, 1.82) is 0 Å². The third-order valence-corrected chi connectivity index (χ3v) is 2.35. The van der Waals surface area contributed by atoms with Gasteiger partial charge in [0.2, 0.25) is 0 Å². The Kier molecular flexibility index (Phi) is 4.54. The molecule has 0 fully saturated rings. The fourth-order valence-electron chi connectivity index (χ4n) is 1.37. The molecule has 1 amide bonds. The first kappa shape index (κ1) is 14.6. The van der Waals surface area contributed by atoms with Gasteiger partial charge in [-0.05, 0) is 13.0 Å². The lowest BCUT2D eigenvalue weighted by Crippen LogP contribution is -2.47. The largest absolute Gasteiger partial charge is 0.480 e. The summed E-state index contributed by atoms with van der Waals surface area (Å²) in [7, 11) is 0. The highest BCUT2D eigenvalue weighted by molar-refractivity contribution is 5.97. The fraction of sp³-hybridized carbons (Fsp3) is 0.273. The molecule has 2 atom stereocenters. The maximum Gasteiger partial charge on any atom is 0.328 e. The molecule has 8 heteroatoms. The van der Waals surface area contributed by atoms with Crippen LogP contribution in [0.25, 0.3) is 0 Å². The lowest BCUT2D eigenvalue weighted by Gasteiger charge is -2.16. The van der Waals surface area contributed by atoms with Gasteiger partial charge in [0.25, 0.3) is 11.6 Å².